The van der Waals surface area contributed by atoms with Crippen LogP contribution in [0.1, 0.15) is 33.1 Å². The van der Waals surface area contributed by atoms with Crippen LogP contribution >= 0.6 is 0 Å². The zero-order chi connectivity index (χ0) is 10.2. The molecule has 4 heteroatoms. The van der Waals surface area contributed by atoms with Crippen molar-refractivity contribution in [2.24, 2.45) is 21.1 Å². The Labute approximate surface area is 84.7 Å². The predicted octanol–water partition coefficient (Wildman–Crippen LogP) is 1.60. The van der Waals surface area contributed by atoms with E-state index < -0.39 is 10.0 Å². The molecule has 0 saturated heterocycles. The van der Waals surface area contributed by atoms with Gasteiger partial charge in [0.05, 0.1) is 5.75 Å². The van der Waals surface area contributed by atoms with Crippen LogP contribution in [0.15, 0.2) is 4.40 Å². The Morgan fingerprint density at radius 3 is 2.71 bits per heavy atom. The van der Waals surface area contributed by atoms with Gasteiger partial charge in [0.1, 0.15) is 0 Å². The molecule has 2 fully saturated rings. The second-order valence-corrected chi connectivity index (χ2v) is 7.14. The second kappa shape index (κ2) is 2.08. The van der Waals surface area contributed by atoms with Gasteiger partial charge in [-0.25, -0.2) is 8.42 Å². The van der Waals surface area contributed by atoms with Crippen molar-refractivity contribution < 1.29 is 8.42 Å². The molecule has 0 N–H and O–H groups in total. The summed E-state index contributed by atoms with van der Waals surface area (Å²) in [4.78, 5) is 0. The monoisotopic (exact) mass is 213 g/mol. The van der Waals surface area contributed by atoms with Crippen molar-refractivity contribution in [1.82, 2.24) is 0 Å². The highest BCUT2D eigenvalue weighted by molar-refractivity contribution is 7.90. The van der Waals surface area contributed by atoms with Crippen LogP contribution in [0.2, 0.25) is 0 Å². The first-order valence-corrected chi connectivity index (χ1v) is 6.80. The molecule has 14 heavy (non-hydrogen) atoms. The van der Waals surface area contributed by atoms with E-state index in [-0.39, 0.29) is 16.6 Å². The zero-order valence-electron chi connectivity index (χ0n) is 8.58. The molecule has 1 aliphatic heterocycles. The van der Waals surface area contributed by atoms with Crippen LogP contribution < -0.4 is 0 Å². The molecule has 1 heterocycles. The molecule has 0 aromatic rings. The Kier molecular flexibility index (Phi) is 1.32. The minimum Gasteiger partial charge on any atom is -0.205 e. The molecule has 2 atom stereocenters. The summed E-state index contributed by atoms with van der Waals surface area (Å²) in [5.41, 5.74) is 1.05. The van der Waals surface area contributed by atoms with E-state index in [1.165, 1.54) is 6.42 Å². The molecule has 0 aromatic heterocycles. The highest BCUT2D eigenvalue weighted by Crippen LogP contribution is 2.66. The van der Waals surface area contributed by atoms with Crippen LogP contribution in [0.25, 0.3) is 0 Å². The molecule has 0 unspecified atom stereocenters. The molecule has 3 aliphatic rings. The van der Waals surface area contributed by atoms with Crippen LogP contribution in [-0.4, -0.2) is 19.9 Å². The normalized spacial score (nSPS) is 46.4. The maximum absolute atomic E-state index is 11.5. The van der Waals surface area contributed by atoms with Gasteiger partial charge in [0, 0.05) is 11.1 Å². The summed E-state index contributed by atoms with van der Waals surface area (Å²) in [6.07, 6.45) is 3.14. The van der Waals surface area contributed by atoms with Gasteiger partial charge >= 0.3 is 0 Å². The minimum absolute atomic E-state index is 0.0868. The molecule has 2 saturated carbocycles. The largest absolute Gasteiger partial charge is 0.254 e. The first kappa shape index (κ1) is 8.89. The molecule has 78 valence electrons. The van der Waals surface area contributed by atoms with Gasteiger partial charge in [-0.15, -0.1) is 0 Å². The van der Waals surface area contributed by atoms with E-state index >= 15 is 0 Å². The third-order valence-electron chi connectivity index (χ3n) is 4.84. The molecule has 2 bridgehead atoms. The van der Waals surface area contributed by atoms with Gasteiger partial charge in [-0.1, -0.05) is 13.8 Å². The lowest BCUT2D eigenvalue weighted by Gasteiger charge is -2.34. The van der Waals surface area contributed by atoms with Gasteiger partial charge in [0.15, 0.2) is 0 Å². The number of rotatable bonds is 0. The van der Waals surface area contributed by atoms with Crippen molar-refractivity contribution in [2.45, 2.75) is 33.1 Å². The Balaban J connectivity index is 2.22. The lowest BCUT2D eigenvalue weighted by atomic mass is 9.70. The van der Waals surface area contributed by atoms with E-state index in [0.717, 1.165) is 18.6 Å². The highest BCUT2D eigenvalue weighted by Gasteiger charge is 2.66. The van der Waals surface area contributed by atoms with Gasteiger partial charge in [-0.3, -0.25) is 0 Å². The molecule has 1 spiro atoms. The standard InChI is InChI=1S/C10H15NO2S/c1-9(2)7-3-4-10(9)6-14(12,13)11-8(10)5-7/h7H,3-6H2,1-2H3/t7-,10-/m0/s1. The summed E-state index contributed by atoms with van der Waals surface area (Å²) in [5, 5.41) is 0. The van der Waals surface area contributed by atoms with Gasteiger partial charge in [0.25, 0.3) is 10.0 Å². The zero-order valence-corrected chi connectivity index (χ0v) is 9.39. The molecule has 2 aliphatic carbocycles. The summed E-state index contributed by atoms with van der Waals surface area (Å²) in [7, 11) is -3.13. The summed E-state index contributed by atoms with van der Waals surface area (Å²) in [6, 6.07) is 0. The molecule has 0 amide bonds. The van der Waals surface area contributed by atoms with E-state index in [0.29, 0.717) is 5.92 Å². The van der Waals surface area contributed by atoms with Gasteiger partial charge < -0.3 is 0 Å². The van der Waals surface area contributed by atoms with Crippen LogP contribution in [0, 0.1) is 16.7 Å². The van der Waals surface area contributed by atoms with Crippen molar-refractivity contribution in [2.75, 3.05) is 5.75 Å². The van der Waals surface area contributed by atoms with Crippen LogP contribution in [-0.2, 0) is 10.0 Å². The van der Waals surface area contributed by atoms with Crippen molar-refractivity contribution in [3.8, 4) is 0 Å². The minimum atomic E-state index is -3.13. The SMILES string of the molecule is CC1(C)[C@H]2CC[C@@]13CS(=O)(=O)N=C3C2. The van der Waals surface area contributed by atoms with Crippen LogP contribution in [0.5, 0.6) is 0 Å². The predicted molar refractivity (Wildman–Crippen MR) is 54.8 cm³/mol. The Morgan fingerprint density at radius 2 is 2.14 bits per heavy atom. The third kappa shape index (κ3) is 0.757. The fourth-order valence-electron chi connectivity index (χ4n) is 3.77. The van der Waals surface area contributed by atoms with Gasteiger partial charge in [0.2, 0.25) is 0 Å². The topological polar surface area (TPSA) is 46.5 Å². The maximum atomic E-state index is 11.5. The number of fused-ring (bicyclic) bond motifs is 1. The number of hydrogen-bond donors (Lipinski definition) is 0. The lowest BCUT2D eigenvalue weighted by Crippen LogP contribution is -2.37. The Morgan fingerprint density at radius 1 is 1.43 bits per heavy atom. The molecular formula is C10H15NO2S. The average Bonchev–Trinajstić information content (AvgIpc) is 2.50. The second-order valence-electron chi connectivity index (χ2n) is 5.51. The van der Waals surface area contributed by atoms with E-state index in [1.54, 1.807) is 0 Å². The first-order chi connectivity index (χ1) is 6.37. The number of sulfonamides is 1. The van der Waals surface area contributed by atoms with E-state index in [1.807, 2.05) is 0 Å². The van der Waals surface area contributed by atoms with E-state index in [4.69, 9.17) is 0 Å². The summed E-state index contributed by atoms with van der Waals surface area (Å²) in [6.45, 7) is 4.43. The van der Waals surface area contributed by atoms with E-state index in [2.05, 4.69) is 18.2 Å². The number of nitrogens with zero attached hydrogens (tertiary/aromatic N) is 1. The number of hydrogen-bond acceptors (Lipinski definition) is 2. The molecule has 3 nitrogen and oxygen atoms in total. The fraction of sp³-hybridized carbons (Fsp3) is 0.900. The highest BCUT2D eigenvalue weighted by atomic mass is 32.2. The van der Waals surface area contributed by atoms with Crippen LogP contribution in [0.3, 0.4) is 0 Å². The molecule has 0 aromatic carbocycles. The quantitative estimate of drug-likeness (QED) is 0.613. The lowest BCUT2D eigenvalue weighted by molar-refractivity contribution is 0.198. The third-order valence-corrected chi connectivity index (χ3v) is 6.20. The maximum Gasteiger partial charge on any atom is 0.254 e. The molecule has 3 rings (SSSR count). The van der Waals surface area contributed by atoms with Crippen molar-refractivity contribution in [3.05, 3.63) is 0 Å². The molecular weight excluding hydrogens is 198 g/mol. The summed E-state index contributed by atoms with van der Waals surface area (Å²) >= 11 is 0. The van der Waals surface area contributed by atoms with Crippen molar-refractivity contribution >= 4 is 15.7 Å². The first-order valence-electron chi connectivity index (χ1n) is 5.19. The Hall–Kier alpha value is -0.380. The van der Waals surface area contributed by atoms with E-state index in [9.17, 15) is 8.42 Å². The fourth-order valence-corrected chi connectivity index (χ4v) is 5.73. The average molecular weight is 213 g/mol. The van der Waals surface area contributed by atoms with Gasteiger partial charge in [-0.05, 0) is 30.6 Å². The Bertz CT molecular complexity index is 435. The van der Waals surface area contributed by atoms with Crippen LogP contribution in [0.4, 0.5) is 0 Å². The summed E-state index contributed by atoms with van der Waals surface area (Å²) < 4.78 is 27.0. The van der Waals surface area contributed by atoms with Gasteiger partial charge in [-0.2, -0.15) is 4.40 Å². The van der Waals surface area contributed by atoms with Crippen molar-refractivity contribution in [3.63, 3.8) is 0 Å². The summed E-state index contributed by atoms with van der Waals surface area (Å²) in [5.74, 6) is 0.940. The molecule has 0 radical (unpaired) electrons. The van der Waals surface area contributed by atoms with Crippen molar-refractivity contribution in [1.29, 1.82) is 0 Å². The smallest absolute Gasteiger partial charge is 0.205 e.